The van der Waals surface area contributed by atoms with Gasteiger partial charge in [0.1, 0.15) is 11.3 Å². The van der Waals surface area contributed by atoms with Crippen LogP contribution in [0.3, 0.4) is 0 Å². The first-order valence-electron chi connectivity index (χ1n) is 5.91. The average Bonchev–Trinajstić information content (AvgIpc) is 2.67. The number of aromatic nitrogens is 4. The molecule has 2 heterocycles. The first-order chi connectivity index (χ1) is 8.56. The highest BCUT2D eigenvalue weighted by Gasteiger charge is 2.07. The zero-order chi connectivity index (χ0) is 13.1. The number of nitrogens with zero attached hydrogens (tertiary/aromatic N) is 1. The van der Waals surface area contributed by atoms with Gasteiger partial charge < -0.3 is 4.98 Å². The maximum atomic E-state index is 11.5. The van der Waals surface area contributed by atoms with Crippen molar-refractivity contribution in [3.8, 4) is 0 Å². The van der Waals surface area contributed by atoms with Crippen LogP contribution in [-0.2, 0) is 6.42 Å². The molecule has 2 aromatic rings. The minimum atomic E-state index is -0.540. The highest BCUT2D eigenvalue weighted by molar-refractivity contribution is 6.20. The Bertz CT molecular complexity index is 640. The molecule has 0 saturated carbocycles. The van der Waals surface area contributed by atoms with E-state index < -0.39 is 11.2 Å². The van der Waals surface area contributed by atoms with E-state index in [4.69, 9.17) is 11.6 Å². The summed E-state index contributed by atoms with van der Waals surface area (Å²) in [7, 11) is 0. The van der Waals surface area contributed by atoms with Crippen molar-refractivity contribution < 1.29 is 0 Å². The van der Waals surface area contributed by atoms with Crippen molar-refractivity contribution >= 4 is 22.8 Å². The smallest absolute Gasteiger partial charge is 0.327 e. The van der Waals surface area contributed by atoms with E-state index in [0.717, 1.165) is 25.7 Å². The Morgan fingerprint density at radius 1 is 1.22 bits per heavy atom. The van der Waals surface area contributed by atoms with Crippen LogP contribution in [-0.4, -0.2) is 25.3 Å². The van der Waals surface area contributed by atoms with Crippen molar-refractivity contribution in [2.45, 2.75) is 38.0 Å². The molecule has 2 aromatic heterocycles. The predicted octanol–water partition coefficient (Wildman–Crippen LogP) is 1.28. The van der Waals surface area contributed by atoms with E-state index in [1.807, 2.05) is 6.92 Å². The van der Waals surface area contributed by atoms with Gasteiger partial charge in [0.2, 0.25) is 0 Å². The summed E-state index contributed by atoms with van der Waals surface area (Å²) >= 11 is 5.85. The van der Waals surface area contributed by atoms with E-state index in [1.54, 1.807) is 0 Å². The third kappa shape index (κ3) is 3.01. The van der Waals surface area contributed by atoms with Gasteiger partial charge in [-0.3, -0.25) is 14.8 Å². The number of aryl methyl sites for hydroxylation is 1. The number of aromatic amines is 3. The van der Waals surface area contributed by atoms with Gasteiger partial charge in [-0.1, -0.05) is 6.42 Å². The number of fused-ring (bicyclic) bond motifs is 1. The second-order valence-electron chi connectivity index (χ2n) is 4.34. The summed E-state index contributed by atoms with van der Waals surface area (Å²) in [6.45, 7) is 1.97. The number of nitrogens with one attached hydrogen (secondary N) is 3. The lowest BCUT2D eigenvalue weighted by Gasteiger charge is -2.00. The Balaban J connectivity index is 2.09. The van der Waals surface area contributed by atoms with E-state index >= 15 is 0 Å². The van der Waals surface area contributed by atoms with Gasteiger partial charge in [-0.2, -0.15) is 0 Å². The third-order valence-electron chi connectivity index (χ3n) is 2.70. The summed E-state index contributed by atoms with van der Waals surface area (Å²) in [5.41, 5.74) is -0.358. The molecule has 0 spiro atoms. The van der Waals surface area contributed by atoms with Gasteiger partial charge in [0.15, 0.2) is 5.65 Å². The minimum Gasteiger partial charge on any atom is -0.336 e. The molecule has 6 nitrogen and oxygen atoms in total. The fraction of sp³-hybridized carbons (Fsp3) is 0.545. The van der Waals surface area contributed by atoms with E-state index in [-0.39, 0.29) is 5.38 Å². The highest BCUT2D eigenvalue weighted by Crippen LogP contribution is 2.10. The lowest BCUT2D eigenvalue weighted by Crippen LogP contribution is -2.21. The molecule has 0 aliphatic carbocycles. The molecule has 18 heavy (non-hydrogen) atoms. The molecule has 0 aromatic carbocycles. The molecule has 0 saturated heterocycles. The Morgan fingerprint density at radius 3 is 2.72 bits per heavy atom. The van der Waals surface area contributed by atoms with Crippen LogP contribution in [0.15, 0.2) is 9.59 Å². The molecule has 3 N–H and O–H groups in total. The van der Waals surface area contributed by atoms with Gasteiger partial charge in [0.25, 0.3) is 5.56 Å². The second-order valence-corrected chi connectivity index (χ2v) is 5.09. The molecule has 0 aliphatic rings. The first-order valence-corrected chi connectivity index (χ1v) is 6.35. The van der Waals surface area contributed by atoms with Gasteiger partial charge in [-0.25, -0.2) is 9.78 Å². The van der Waals surface area contributed by atoms with Crippen molar-refractivity contribution in [3.05, 3.63) is 26.7 Å². The zero-order valence-corrected chi connectivity index (χ0v) is 10.8. The summed E-state index contributed by atoms with van der Waals surface area (Å²) < 4.78 is 0. The van der Waals surface area contributed by atoms with Gasteiger partial charge in [-0.05, 0) is 19.8 Å². The van der Waals surface area contributed by atoms with E-state index in [9.17, 15) is 9.59 Å². The van der Waals surface area contributed by atoms with Crippen molar-refractivity contribution in [2.75, 3.05) is 0 Å². The van der Waals surface area contributed by atoms with Crippen molar-refractivity contribution in [2.24, 2.45) is 0 Å². The lowest BCUT2D eigenvalue weighted by molar-refractivity contribution is 0.660. The summed E-state index contributed by atoms with van der Waals surface area (Å²) in [5.74, 6) is 0.708. The van der Waals surface area contributed by atoms with E-state index in [2.05, 4.69) is 19.9 Å². The van der Waals surface area contributed by atoms with Crippen LogP contribution in [0.1, 0.15) is 32.0 Å². The first kappa shape index (κ1) is 12.9. The molecule has 0 radical (unpaired) electrons. The van der Waals surface area contributed by atoms with E-state index in [1.165, 1.54) is 0 Å². The van der Waals surface area contributed by atoms with Gasteiger partial charge >= 0.3 is 5.69 Å². The van der Waals surface area contributed by atoms with Gasteiger partial charge in [0.05, 0.1) is 0 Å². The second kappa shape index (κ2) is 5.39. The molecular weight excluding hydrogens is 256 g/mol. The number of hydrogen-bond acceptors (Lipinski definition) is 3. The number of halogens is 1. The minimum absolute atomic E-state index is 0.180. The van der Waals surface area contributed by atoms with E-state index in [0.29, 0.717) is 17.0 Å². The normalized spacial score (nSPS) is 13.0. The summed E-state index contributed by atoms with van der Waals surface area (Å²) in [6.07, 6.45) is 3.65. The largest absolute Gasteiger partial charge is 0.336 e. The third-order valence-corrected chi connectivity index (χ3v) is 2.92. The quantitative estimate of drug-likeness (QED) is 0.564. The van der Waals surface area contributed by atoms with Crippen LogP contribution in [0.2, 0.25) is 0 Å². The maximum Gasteiger partial charge on any atom is 0.327 e. The molecule has 1 atom stereocenters. The number of hydrogen-bond donors (Lipinski definition) is 3. The molecule has 2 rings (SSSR count). The molecule has 98 valence electrons. The Morgan fingerprint density at radius 2 is 2.00 bits per heavy atom. The topological polar surface area (TPSA) is 94.4 Å². The molecule has 0 bridgehead atoms. The Labute approximate surface area is 108 Å². The molecule has 0 fully saturated rings. The van der Waals surface area contributed by atoms with Crippen LogP contribution in [0.4, 0.5) is 0 Å². The highest BCUT2D eigenvalue weighted by atomic mass is 35.5. The monoisotopic (exact) mass is 270 g/mol. The average molecular weight is 271 g/mol. The Kier molecular flexibility index (Phi) is 3.86. The number of unbranched alkanes of at least 4 members (excludes halogenated alkanes) is 1. The molecule has 0 aliphatic heterocycles. The van der Waals surface area contributed by atoms with Crippen molar-refractivity contribution in [1.29, 1.82) is 0 Å². The Hall–Kier alpha value is -1.56. The standard InChI is InChI=1S/C11H15ClN4O2/c1-6(12)4-2-3-5-7-13-8-9(14-7)15-11(18)16-10(8)17/h6H,2-5H2,1H3,(H3,13,14,15,16,17,18). The number of H-pyrrole nitrogens is 3. The zero-order valence-electron chi connectivity index (χ0n) is 10.0. The van der Waals surface area contributed by atoms with Crippen LogP contribution in [0.25, 0.3) is 11.2 Å². The number of alkyl halides is 1. The van der Waals surface area contributed by atoms with Crippen molar-refractivity contribution in [1.82, 2.24) is 19.9 Å². The fourth-order valence-corrected chi connectivity index (χ4v) is 1.97. The molecule has 1 unspecified atom stereocenters. The van der Waals surface area contributed by atoms with Crippen LogP contribution in [0.5, 0.6) is 0 Å². The fourth-order valence-electron chi connectivity index (χ4n) is 1.82. The van der Waals surface area contributed by atoms with Crippen LogP contribution < -0.4 is 11.2 Å². The summed E-state index contributed by atoms with van der Waals surface area (Å²) in [4.78, 5) is 34.3. The predicted molar refractivity (Wildman–Crippen MR) is 70.2 cm³/mol. The number of imidazole rings is 1. The summed E-state index contributed by atoms with van der Waals surface area (Å²) in [6, 6.07) is 0. The number of rotatable bonds is 5. The molecule has 7 heteroatoms. The lowest BCUT2D eigenvalue weighted by atomic mass is 10.1. The SMILES string of the molecule is CC(Cl)CCCCc1nc2[nH]c(=O)[nH]c(=O)c2[nH]1. The van der Waals surface area contributed by atoms with Gasteiger partial charge in [0, 0.05) is 11.8 Å². The van der Waals surface area contributed by atoms with Crippen LogP contribution >= 0.6 is 11.6 Å². The maximum absolute atomic E-state index is 11.5. The van der Waals surface area contributed by atoms with Crippen LogP contribution in [0, 0.1) is 0 Å². The van der Waals surface area contributed by atoms with Gasteiger partial charge in [-0.15, -0.1) is 11.6 Å². The molecular formula is C11H15ClN4O2. The molecule has 0 amide bonds. The summed E-state index contributed by atoms with van der Waals surface area (Å²) in [5, 5.41) is 0.180. The van der Waals surface area contributed by atoms with Crippen molar-refractivity contribution in [3.63, 3.8) is 0 Å².